The first kappa shape index (κ1) is 20.8. The van der Waals surface area contributed by atoms with E-state index in [1.807, 2.05) is 7.05 Å². The zero-order valence-corrected chi connectivity index (χ0v) is 16.1. The third-order valence-electron chi connectivity index (χ3n) is 4.28. The molecule has 2 rings (SSSR count). The van der Waals surface area contributed by atoms with E-state index in [2.05, 4.69) is 5.32 Å². The number of primary sulfonamides is 1. The monoisotopic (exact) mass is 396 g/mol. The van der Waals surface area contributed by atoms with Gasteiger partial charge >= 0.3 is 0 Å². The zero-order valence-electron chi connectivity index (χ0n) is 15.3. The summed E-state index contributed by atoms with van der Waals surface area (Å²) in [5.41, 5.74) is 1.20. The minimum atomic E-state index is -3.78. The molecule has 0 aliphatic rings. The van der Waals surface area contributed by atoms with Gasteiger partial charge in [0.05, 0.1) is 19.1 Å². The molecule has 2 aromatic rings. The smallest absolute Gasteiger partial charge is 0.282 e. The number of benzene rings is 2. The molecular weight excluding hydrogens is 373 g/mol. The summed E-state index contributed by atoms with van der Waals surface area (Å²) < 4.78 is 41.2. The predicted octanol–water partition coefficient (Wildman–Crippen LogP) is 0.524. The fraction of sp³-hybridized carbons (Fsp3) is 0.278. The van der Waals surface area contributed by atoms with Crippen LogP contribution in [0, 0.1) is 5.82 Å². The molecule has 7 nitrogen and oxygen atoms in total. The van der Waals surface area contributed by atoms with Crippen LogP contribution >= 0.6 is 0 Å². The summed E-state index contributed by atoms with van der Waals surface area (Å²) in [4.78, 5) is 13.3. The zero-order chi connectivity index (χ0) is 20.2. The highest BCUT2D eigenvalue weighted by Gasteiger charge is 2.22. The Hall–Kier alpha value is -2.49. The Bertz CT molecular complexity index is 917. The largest absolute Gasteiger partial charge is 0.494 e. The quantitative estimate of drug-likeness (QED) is 0.635. The Labute approximate surface area is 158 Å². The number of hydrogen-bond donors (Lipinski definition) is 3. The summed E-state index contributed by atoms with van der Waals surface area (Å²) in [6.45, 7) is 2.20. The van der Waals surface area contributed by atoms with Crippen LogP contribution < -0.4 is 20.1 Å². The number of nitrogens with one attached hydrogen (secondary N) is 2. The van der Waals surface area contributed by atoms with Gasteiger partial charge in [0.15, 0.2) is 17.6 Å². The second-order valence-electron chi connectivity index (χ2n) is 6.27. The number of rotatable bonds is 7. The first-order chi connectivity index (χ1) is 12.6. The first-order valence-corrected chi connectivity index (χ1v) is 9.75. The number of anilines is 1. The van der Waals surface area contributed by atoms with E-state index in [0.717, 1.165) is 10.5 Å². The molecule has 2 aromatic carbocycles. The third kappa shape index (κ3) is 5.49. The molecule has 0 radical (unpaired) electrons. The number of amides is 1. The van der Waals surface area contributed by atoms with E-state index in [4.69, 9.17) is 9.88 Å². The molecule has 0 spiro atoms. The molecule has 0 aromatic heterocycles. The molecule has 146 valence electrons. The molecule has 9 heteroatoms. The van der Waals surface area contributed by atoms with Crippen LogP contribution in [0.15, 0.2) is 47.4 Å². The number of hydrogen-bond acceptors (Lipinski definition) is 4. The maximum Gasteiger partial charge on any atom is 0.282 e. The minimum absolute atomic E-state index is 0.0298. The molecule has 0 saturated carbocycles. The van der Waals surface area contributed by atoms with Crippen LogP contribution in [0.3, 0.4) is 0 Å². The average Bonchev–Trinajstić information content (AvgIpc) is 2.60. The summed E-state index contributed by atoms with van der Waals surface area (Å²) in [5, 5.41) is 7.77. The number of nitrogens with two attached hydrogens (primary N) is 1. The lowest BCUT2D eigenvalue weighted by atomic mass is 10.1. The predicted molar refractivity (Wildman–Crippen MR) is 99.4 cm³/mol. The molecule has 2 atom stereocenters. The second kappa shape index (κ2) is 8.47. The van der Waals surface area contributed by atoms with Crippen molar-refractivity contribution in [1.82, 2.24) is 0 Å². The Morgan fingerprint density at radius 3 is 2.41 bits per heavy atom. The highest BCUT2D eigenvalue weighted by molar-refractivity contribution is 7.89. The first-order valence-electron chi connectivity index (χ1n) is 8.20. The second-order valence-corrected chi connectivity index (χ2v) is 7.83. The standard InChI is InChI=1S/C18H22FN3O4S/c1-12(22(2)11-13-4-9-17(26-3)16(19)10-13)18(23)21-14-5-7-15(8-6-14)27(20,24)25/h4-10,12H,11H2,1-3H3,(H,21,23)(H2,20,24,25)/p+1/t12-/m1/s1. The molecule has 1 amide bonds. The molecule has 0 fully saturated rings. The number of carbonyl (C=O) groups is 1. The Kier molecular flexibility index (Phi) is 6.53. The highest BCUT2D eigenvalue weighted by Crippen LogP contribution is 2.17. The summed E-state index contributed by atoms with van der Waals surface area (Å²) in [6, 6.07) is 9.86. The lowest BCUT2D eigenvalue weighted by Gasteiger charge is -2.21. The van der Waals surface area contributed by atoms with Crippen LogP contribution in [-0.2, 0) is 21.4 Å². The molecule has 1 unspecified atom stereocenters. The Balaban J connectivity index is 2.00. The van der Waals surface area contributed by atoms with Gasteiger partial charge in [-0.3, -0.25) is 4.79 Å². The van der Waals surface area contributed by atoms with Gasteiger partial charge in [-0.2, -0.15) is 0 Å². The van der Waals surface area contributed by atoms with Crippen molar-refractivity contribution >= 4 is 21.6 Å². The lowest BCUT2D eigenvalue weighted by molar-refractivity contribution is -0.907. The van der Waals surface area contributed by atoms with E-state index in [1.54, 1.807) is 19.1 Å². The van der Waals surface area contributed by atoms with E-state index in [1.165, 1.54) is 37.4 Å². The van der Waals surface area contributed by atoms with Crippen molar-refractivity contribution in [2.75, 3.05) is 19.5 Å². The van der Waals surface area contributed by atoms with Gasteiger partial charge in [0.25, 0.3) is 5.91 Å². The number of likely N-dealkylation sites (N-methyl/N-ethyl adjacent to an activating group) is 1. The summed E-state index contributed by atoms with van der Waals surface area (Å²) in [5.74, 6) is -0.523. The number of methoxy groups -OCH3 is 1. The Morgan fingerprint density at radius 1 is 1.26 bits per heavy atom. The van der Waals surface area contributed by atoms with Crippen molar-refractivity contribution in [2.45, 2.75) is 24.4 Å². The van der Waals surface area contributed by atoms with Crippen LogP contribution in [0.1, 0.15) is 12.5 Å². The van der Waals surface area contributed by atoms with Crippen molar-refractivity contribution in [3.63, 3.8) is 0 Å². The molecule has 0 saturated heterocycles. The third-order valence-corrected chi connectivity index (χ3v) is 5.21. The summed E-state index contributed by atoms with van der Waals surface area (Å²) in [6.07, 6.45) is 0. The SMILES string of the molecule is COc1ccc(C[NH+](C)[C@H](C)C(=O)Nc2ccc(S(N)(=O)=O)cc2)cc1F. The maximum absolute atomic E-state index is 13.8. The summed E-state index contributed by atoms with van der Waals surface area (Å²) in [7, 11) is -0.547. The van der Waals surface area contributed by atoms with Crippen molar-refractivity contribution in [2.24, 2.45) is 5.14 Å². The van der Waals surface area contributed by atoms with E-state index in [-0.39, 0.29) is 16.6 Å². The average molecular weight is 396 g/mol. The fourth-order valence-electron chi connectivity index (χ4n) is 2.50. The number of carbonyl (C=O) groups excluding carboxylic acids is 1. The van der Waals surface area contributed by atoms with Crippen molar-refractivity contribution in [1.29, 1.82) is 0 Å². The molecular formula is C18H23FN3O4S+. The van der Waals surface area contributed by atoms with Crippen LogP contribution in [-0.4, -0.2) is 34.5 Å². The molecule has 0 aliphatic carbocycles. The van der Waals surface area contributed by atoms with Crippen molar-refractivity contribution < 1.29 is 27.2 Å². The van der Waals surface area contributed by atoms with E-state index in [9.17, 15) is 17.6 Å². The van der Waals surface area contributed by atoms with Gasteiger partial charge < -0.3 is 15.0 Å². The van der Waals surface area contributed by atoms with Gasteiger partial charge in [-0.15, -0.1) is 0 Å². The van der Waals surface area contributed by atoms with Crippen LogP contribution in [0.25, 0.3) is 0 Å². The minimum Gasteiger partial charge on any atom is -0.494 e. The lowest BCUT2D eigenvalue weighted by Crippen LogP contribution is -3.12. The van der Waals surface area contributed by atoms with E-state index in [0.29, 0.717) is 12.2 Å². The topological polar surface area (TPSA) is 103 Å². The van der Waals surface area contributed by atoms with Crippen molar-refractivity contribution in [3.05, 3.63) is 53.8 Å². The molecule has 0 heterocycles. The van der Waals surface area contributed by atoms with E-state index < -0.39 is 21.9 Å². The van der Waals surface area contributed by atoms with Crippen LogP contribution in [0.4, 0.5) is 10.1 Å². The highest BCUT2D eigenvalue weighted by atomic mass is 32.2. The van der Waals surface area contributed by atoms with Gasteiger partial charge in [-0.05, 0) is 49.4 Å². The summed E-state index contributed by atoms with van der Waals surface area (Å²) >= 11 is 0. The molecule has 4 N–H and O–H groups in total. The molecule has 27 heavy (non-hydrogen) atoms. The maximum atomic E-state index is 13.8. The Morgan fingerprint density at radius 2 is 1.89 bits per heavy atom. The number of quaternary nitrogens is 1. The van der Waals surface area contributed by atoms with Gasteiger partial charge in [0.2, 0.25) is 10.0 Å². The molecule has 0 bridgehead atoms. The van der Waals surface area contributed by atoms with Gasteiger partial charge in [0.1, 0.15) is 6.54 Å². The van der Waals surface area contributed by atoms with Crippen LogP contribution in [0.5, 0.6) is 5.75 Å². The fourth-order valence-corrected chi connectivity index (χ4v) is 3.01. The molecule has 0 aliphatic heterocycles. The normalized spacial score (nSPS) is 13.7. The number of halogens is 1. The number of ether oxygens (including phenoxy) is 1. The van der Waals surface area contributed by atoms with Gasteiger partial charge in [-0.1, -0.05) is 0 Å². The van der Waals surface area contributed by atoms with Crippen molar-refractivity contribution in [3.8, 4) is 5.75 Å². The number of sulfonamides is 1. The van der Waals surface area contributed by atoms with Gasteiger partial charge in [0, 0.05) is 11.3 Å². The van der Waals surface area contributed by atoms with Crippen LogP contribution in [0.2, 0.25) is 0 Å². The van der Waals surface area contributed by atoms with E-state index >= 15 is 0 Å². The van der Waals surface area contributed by atoms with Gasteiger partial charge in [-0.25, -0.2) is 17.9 Å².